The van der Waals surface area contributed by atoms with E-state index in [0.29, 0.717) is 5.82 Å². The van der Waals surface area contributed by atoms with E-state index >= 15 is 0 Å². The maximum Gasteiger partial charge on any atom is 0.363 e. The number of H-pyrrole nitrogens is 1. The lowest BCUT2D eigenvalue weighted by Gasteiger charge is -2.40. The zero-order valence-corrected chi connectivity index (χ0v) is 11.2. The van der Waals surface area contributed by atoms with Crippen molar-refractivity contribution in [3.63, 3.8) is 0 Å². The van der Waals surface area contributed by atoms with Gasteiger partial charge in [-0.1, -0.05) is 19.3 Å². The second kappa shape index (κ2) is 5.69. The first-order valence-corrected chi connectivity index (χ1v) is 7.24. The van der Waals surface area contributed by atoms with Gasteiger partial charge >= 0.3 is 5.69 Å². The molecule has 1 aromatic heterocycles. The fourth-order valence-corrected chi connectivity index (χ4v) is 3.22. The fourth-order valence-electron chi connectivity index (χ4n) is 3.22. The zero-order chi connectivity index (χ0) is 13.1. The Morgan fingerprint density at radius 1 is 1.11 bits per heavy atom. The van der Waals surface area contributed by atoms with Crippen LogP contribution in [0.5, 0.6) is 0 Å². The van der Waals surface area contributed by atoms with Crippen molar-refractivity contribution in [2.75, 3.05) is 31.1 Å². The van der Waals surface area contributed by atoms with Gasteiger partial charge in [0.05, 0.1) is 6.20 Å². The number of anilines is 1. The minimum Gasteiger partial charge on any atom is -0.353 e. The van der Waals surface area contributed by atoms with Gasteiger partial charge in [-0.2, -0.15) is 10.1 Å². The minimum atomic E-state index is -0.368. The molecule has 0 amide bonds. The van der Waals surface area contributed by atoms with Crippen molar-refractivity contribution in [2.24, 2.45) is 0 Å². The number of aromatic nitrogens is 3. The Kier molecular flexibility index (Phi) is 3.77. The third-order valence-corrected chi connectivity index (χ3v) is 4.29. The van der Waals surface area contributed by atoms with Gasteiger partial charge in [-0.25, -0.2) is 9.89 Å². The second-order valence-corrected chi connectivity index (χ2v) is 5.46. The lowest BCUT2D eigenvalue weighted by molar-refractivity contribution is 0.147. The smallest absolute Gasteiger partial charge is 0.353 e. The molecule has 1 aliphatic carbocycles. The molecule has 0 bridgehead atoms. The molecule has 1 aromatic rings. The third kappa shape index (κ3) is 2.94. The molecule has 0 spiro atoms. The lowest BCUT2D eigenvalue weighted by Crippen LogP contribution is -2.51. The van der Waals surface area contributed by atoms with Gasteiger partial charge in [-0.05, 0) is 12.8 Å². The van der Waals surface area contributed by atoms with Crippen LogP contribution in [0.3, 0.4) is 0 Å². The third-order valence-electron chi connectivity index (χ3n) is 4.29. The number of piperazine rings is 1. The van der Waals surface area contributed by atoms with Crippen LogP contribution in [0.1, 0.15) is 32.1 Å². The monoisotopic (exact) mass is 263 g/mol. The summed E-state index contributed by atoms with van der Waals surface area (Å²) in [7, 11) is 0. The molecule has 19 heavy (non-hydrogen) atoms. The summed E-state index contributed by atoms with van der Waals surface area (Å²) < 4.78 is 0. The van der Waals surface area contributed by atoms with Crippen LogP contribution >= 0.6 is 0 Å². The Hall–Kier alpha value is -1.43. The molecule has 1 aliphatic heterocycles. The average molecular weight is 263 g/mol. The average Bonchev–Trinajstić information content (AvgIpc) is 2.48. The van der Waals surface area contributed by atoms with Crippen molar-refractivity contribution in [1.82, 2.24) is 20.1 Å². The van der Waals surface area contributed by atoms with Crippen molar-refractivity contribution in [2.45, 2.75) is 38.1 Å². The highest BCUT2D eigenvalue weighted by molar-refractivity contribution is 5.35. The number of nitrogens with zero attached hydrogens (tertiary/aromatic N) is 4. The van der Waals surface area contributed by atoms with Gasteiger partial charge in [0.2, 0.25) is 0 Å². The molecule has 1 saturated carbocycles. The van der Waals surface area contributed by atoms with E-state index in [1.165, 1.54) is 32.1 Å². The van der Waals surface area contributed by atoms with Crippen LogP contribution < -0.4 is 10.6 Å². The number of rotatable bonds is 2. The van der Waals surface area contributed by atoms with Crippen LogP contribution in [0.15, 0.2) is 11.0 Å². The summed E-state index contributed by atoms with van der Waals surface area (Å²) in [5, 5.41) is 6.13. The van der Waals surface area contributed by atoms with Crippen LogP contribution in [0.4, 0.5) is 5.82 Å². The summed E-state index contributed by atoms with van der Waals surface area (Å²) in [5.41, 5.74) is -0.368. The van der Waals surface area contributed by atoms with Gasteiger partial charge in [-0.15, -0.1) is 0 Å². The maximum absolute atomic E-state index is 11.2. The standard InChI is InChI=1S/C13H21N5O/c19-13-15-12(10-14-16-13)18-8-6-17(7-9-18)11-4-2-1-3-5-11/h10-11H,1-9H2,(H,15,16,19). The van der Waals surface area contributed by atoms with E-state index in [0.717, 1.165) is 32.2 Å². The molecule has 2 aliphatic rings. The predicted molar refractivity (Wildman–Crippen MR) is 73.3 cm³/mol. The van der Waals surface area contributed by atoms with E-state index in [1.807, 2.05) is 0 Å². The molecule has 0 aromatic carbocycles. The maximum atomic E-state index is 11.2. The topological polar surface area (TPSA) is 65.1 Å². The van der Waals surface area contributed by atoms with Crippen molar-refractivity contribution in [1.29, 1.82) is 0 Å². The molecule has 2 heterocycles. The minimum absolute atomic E-state index is 0.368. The summed E-state index contributed by atoms with van der Waals surface area (Å²) in [5.74, 6) is 0.701. The fraction of sp³-hybridized carbons (Fsp3) is 0.769. The summed E-state index contributed by atoms with van der Waals surface area (Å²) in [6.45, 7) is 4.02. The van der Waals surface area contributed by atoms with Crippen LogP contribution in [0, 0.1) is 0 Å². The highest BCUT2D eigenvalue weighted by atomic mass is 16.1. The molecule has 6 nitrogen and oxygen atoms in total. The Morgan fingerprint density at radius 3 is 2.53 bits per heavy atom. The predicted octanol–water partition coefficient (Wildman–Crippen LogP) is 0.620. The molecule has 0 atom stereocenters. The molecule has 2 fully saturated rings. The van der Waals surface area contributed by atoms with Gasteiger partial charge in [0.25, 0.3) is 0 Å². The number of aromatic amines is 1. The van der Waals surface area contributed by atoms with Crippen molar-refractivity contribution in [3.8, 4) is 0 Å². The Labute approximate surface area is 112 Å². The van der Waals surface area contributed by atoms with Gasteiger partial charge in [0, 0.05) is 32.2 Å². The first-order chi connectivity index (χ1) is 9.33. The molecule has 1 saturated heterocycles. The van der Waals surface area contributed by atoms with E-state index in [1.54, 1.807) is 6.20 Å². The van der Waals surface area contributed by atoms with Gasteiger partial charge < -0.3 is 4.90 Å². The summed E-state index contributed by atoms with van der Waals surface area (Å²) in [6, 6.07) is 0.779. The largest absolute Gasteiger partial charge is 0.363 e. The first-order valence-electron chi connectivity index (χ1n) is 7.24. The summed E-state index contributed by atoms with van der Waals surface area (Å²) in [4.78, 5) is 19.9. The first kappa shape index (κ1) is 12.6. The molecular weight excluding hydrogens is 242 g/mol. The van der Waals surface area contributed by atoms with Gasteiger partial charge in [-0.3, -0.25) is 4.90 Å². The van der Waals surface area contributed by atoms with Crippen molar-refractivity contribution < 1.29 is 0 Å². The lowest BCUT2D eigenvalue weighted by atomic mass is 9.94. The molecule has 3 rings (SSSR count). The zero-order valence-electron chi connectivity index (χ0n) is 11.2. The van der Waals surface area contributed by atoms with Crippen LogP contribution in [-0.4, -0.2) is 52.3 Å². The number of hydrogen-bond donors (Lipinski definition) is 1. The number of nitrogens with one attached hydrogen (secondary N) is 1. The molecule has 0 radical (unpaired) electrons. The van der Waals surface area contributed by atoms with Gasteiger partial charge in [0.15, 0.2) is 5.82 Å². The van der Waals surface area contributed by atoms with E-state index in [9.17, 15) is 4.79 Å². The van der Waals surface area contributed by atoms with Crippen LogP contribution in [0.2, 0.25) is 0 Å². The molecule has 104 valence electrons. The summed E-state index contributed by atoms with van der Waals surface area (Å²) >= 11 is 0. The van der Waals surface area contributed by atoms with Crippen molar-refractivity contribution >= 4 is 5.82 Å². The Morgan fingerprint density at radius 2 is 1.84 bits per heavy atom. The molecule has 1 N–H and O–H groups in total. The SMILES string of the molecule is O=c1nc(N2CCN(C3CCCCC3)CC2)cn[nH]1. The highest BCUT2D eigenvalue weighted by Gasteiger charge is 2.25. The van der Waals surface area contributed by atoms with E-state index in [4.69, 9.17) is 0 Å². The molecule has 0 unspecified atom stereocenters. The summed E-state index contributed by atoms with van der Waals surface area (Å²) in [6.07, 6.45) is 8.50. The number of hydrogen-bond acceptors (Lipinski definition) is 5. The highest BCUT2D eigenvalue weighted by Crippen LogP contribution is 2.24. The Balaban J connectivity index is 1.58. The second-order valence-electron chi connectivity index (χ2n) is 5.46. The van der Waals surface area contributed by atoms with Gasteiger partial charge in [0.1, 0.15) is 0 Å². The van der Waals surface area contributed by atoms with E-state index in [-0.39, 0.29) is 5.69 Å². The molecule has 6 heteroatoms. The normalized spacial score (nSPS) is 22.6. The van der Waals surface area contributed by atoms with E-state index < -0.39 is 0 Å². The van der Waals surface area contributed by atoms with Crippen LogP contribution in [-0.2, 0) is 0 Å². The molecular formula is C13H21N5O. The quantitative estimate of drug-likeness (QED) is 0.847. The van der Waals surface area contributed by atoms with Crippen LogP contribution in [0.25, 0.3) is 0 Å². The van der Waals surface area contributed by atoms with E-state index in [2.05, 4.69) is 25.0 Å². The van der Waals surface area contributed by atoms with Crippen molar-refractivity contribution in [3.05, 3.63) is 16.7 Å². The Bertz CT molecular complexity index is 460.